The molecule has 1 fully saturated rings. The SMILES string of the molecule is CC1(C)CCCC(NCc2ccc(S(N)(=O)=O)o2)C1. The summed E-state index contributed by atoms with van der Waals surface area (Å²) in [6, 6.07) is 3.52. The van der Waals surface area contributed by atoms with Gasteiger partial charge in [-0.25, -0.2) is 13.6 Å². The highest BCUT2D eigenvalue weighted by atomic mass is 32.2. The zero-order valence-electron chi connectivity index (χ0n) is 11.5. The number of nitrogens with one attached hydrogen (secondary N) is 1. The van der Waals surface area contributed by atoms with Crippen molar-refractivity contribution in [2.24, 2.45) is 10.6 Å². The molecular weight excluding hydrogens is 264 g/mol. The molecule has 1 unspecified atom stereocenters. The second-order valence-electron chi connectivity index (χ2n) is 6.10. The molecule has 1 heterocycles. The molecule has 0 radical (unpaired) electrons. The quantitative estimate of drug-likeness (QED) is 0.886. The molecule has 0 amide bonds. The van der Waals surface area contributed by atoms with Crippen LogP contribution in [-0.2, 0) is 16.6 Å². The lowest BCUT2D eigenvalue weighted by atomic mass is 9.75. The summed E-state index contributed by atoms with van der Waals surface area (Å²) in [5, 5.41) is 8.26. The number of furan rings is 1. The lowest BCUT2D eigenvalue weighted by Crippen LogP contribution is -2.36. The molecule has 1 saturated carbocycles. The van der Waals surface area contributed by atoms with Crippen molar-refractivity contribution >= 4 is 10.0 Å². The average molecular weight is 286 g/mol. The predicted octanol–water partition coefficient (Wildman–Crippen LogP) is 1.99. The average Bonchev–Trinajstić information content (AvgIpc) is 2.73. The summed E-state index contributed by atoms with van der Waals surface area (Å²) in [5.74, 6) is 0.604. The van der Waals surface area contributed by atoms with E-state index >= 15 is 0 Å². The highest BCUT2D eigenvalue weighted by molar-refractivity contribution is 7.89. The first-order valence-electron chi connectivity index (χ1n) is 6.61. The summed E-state index contributed by atoms with van der Waals surface area (Å²) >= 11 is 0. The van der Waals surface area contributed by atoms with Gasteiger partial charge in [0, 0.05) is 6.04 Å². The third-order valence-electron chi connectivity index (χ3n) is 3.69. The lowest BCUT2D eigenvalue weighted by molar-refractivity contribution is 0.195. The van der Waals surface area contributed by atoms with Crippen LogP contribution in [0.15, 0.2) is 21.6 Å². The maximum absolute atomic E-state index is 11.1. The van der Waals surface area contributed by atoms with E-state index in [1.54, 1.807) is 6.07 Å². The van der Waals surface area contributed by atoms with Gasteiger partial charge >= 0.3 is 0 Å². The molecular formula is C13H22N2O3S. The second kappa shape index (κ2) is 5.26. The molecule has 0 saturated heterocycles. The van der Waals surface area contributed by atoms with Gasteiger partial charge in [0.15, 0.2) is 0 Å². The van der Waals surface area contributed by atoms with Crippen molar-refractivity contribution in [2.75, 3.05) is 0 Å². The van der Waals surface area contributed by atoms with Crippen LogP contribution in [0.3, 0.4) is 0 Å². The van der Waals surface area contributed by atoms with Gasteiger partial charge in [0.25, 0.3) is 10.0 Å². The Morgan fingerprint density at radius 3 is 2.79 bits per heavy atom. The molecule has 6 heteroatoms. The van der Waals surface area contributed by atoms with Gasteiger partial charge < -0.3 is 9.73 Å². The molecule has 0 bridgehead atoms. The van der Waals surface area contributed by atoms with Crippen LogP contribution in [0.4, 0.5) is 0 Å². The molecule has 3 N–H and O–H groups in total. The minimum Gasteiger partial charge on any atom is -0.447 e. The summed E-state index contributed by atoms with van der Waals surface area (Å²) in [6.07, 6.45) is 4.79. The molecule has 1 aromatic heterocycles. The van der Waals surface area contributed by atoms with Crippen LogP contribution in [0.25, 0.3) is 0 Å². The van der Waals surface area contributed by atoms with E-state index in [2.05, 4.69) is 19.2 Å². The van der Waals surface area contributed by atoms with Crippen molar-refractivity contribution in [3.05, 3.63) is 17.9 Å². The number of nitrogens with two attached hydrogens (primary N) is 1. The minimum absolute atomic E-state index is 0.173. The molecule has 0 aliphatic heterocycles. The van der Waals surface area contributed by atoms with Crippen LogP contribution in [0.2, 0.25) is 0 Å². The summed E-state index contributed by atoms with van der Waals surface area (Å²) in [5.41, 5.74) is 0.380. The molecule has 1 aliphatic rings. The van der Waals surface area contributed by atoms with Crippen molar-refractivity contribution in [1.29, 1.82) is 0 Å². The van der Waals surface area contributed by atoms with Gasteiger partial charge in [-0.15, -0.1) is 0 Å². The van der Waals surface area contributed by atoms with Gasteiger partial charge in [-0.05, 0) is 36.8 Å². The van der Waals surface area contributed by atoms with Gasteiger partial charge in [-0.1, -0.05) is 20.3 Å². The Balaban J connectivity index is 1.91. The van der Waals surface area contributed by atoms with E-state index in [-0.39, 0.29) is 5.09 Å². The standard InChI is InChI=1S/C13H22N2O3S/c1-13(2)7-3-4-10(8-13)15-9-11-5-6-12(18-11)19(14,16)17/h5-6,10,15H,3-4,7-9H2,1-2H3,(H2,14,16,17). The number of hydrogen-bond acceptors (Lipinski definition) is 4. The smallest absolute Gasteiger partial charge is 0.271 e. The van der Waals surface area contributed by atoms with E-state index in [0.717, 1.165) is 12.8 Å². The minimum atomic E-state index is -3.74. The fraction of sp³-hybridized carbons (Fsp3) is 0.692. The van der Waals surface area contributed by atoms with Crippen molar-refractivity contribution in [2.45, 2.75) is 57.2 Å². The molecule has 0 spiro atoms. The van der Waals surface area contributed by atoms with E-state index in [1.807, 2.05) is 0 Å². The largest absolute Gasteiger partial charge is 0.447 e. The second-order valence-corrected chi connectivity index (χ2v) is 7.60. The van der Waals surface area contributed by atoms with Gasteiger partial charge in [0.2, 0.25) is 5.09 Å². The Morgan fingerprint density at radius 1 is 1.47 bits per heavy atom. The molecule has 5 nitrogen and oxygen atoms in total. The topological polar surface area (TPSA) is 85.3 Å². The maximum Gasteiger partial charge on any atom is 0.271 e. The predicted molar refractivity (Wildman–Crippen MR) is 73.0 cm³/mol. The zero-order chi connectivity index (χ0) is 14.1. The summed E-state index contributed by atoms with van der Waals surface area (Å²) in [4.78, 5) is 0. The Morgan fingerprint density at radius 2 is 2.21 bits per heavy atom. The summed E-state index contributed by atoms with van der Waals surface area (Å²) in [7, 11) is -3.74. The Hall–Kier alpha value is -0.850. The fourth-order valence-electron chi connectivity index (χ4n) is 2.72. The summed E-state index contributed by atoms with van der Waals surface area (Å²) < 4.78 is 27.4. The lowest BCUT2D eigenvalue weighted by Gasteiger charge is -2.35. The van der Waals surface area contributed by atoms with Crippen LogP contribution in [0.5, 0.6) is 0 Å². The van der Waals surface area contributed by atoms with Crippen LogP contribution in [-0.4, -0.2) is 14.5 Å². The van der Waals surface area contributed by atoms with E-state index in [9.17, 15) is 8.42 Å². The van der Waals surface area contributed by atoms with Crippen molar-refractivity contribution in [1.82, 2.24) is 5.32 Å². The monoisotopic (exact) mass is 286 g/mol. The number of rotatable bonds is 4. The summed E-state index contributed by atoms with van der Waals surface area (Å²) in [6.45, 7) is 5.11. The van der Waals surface area contributed by atoms with E-state index in [0.29, 0.717) is 23.8 Å². The highest BCUT2D eigenvalue weighted by Gasteiger charge is 2.27. The molecule has 2 rings (SSSR count). The highest BCUT2D eigenvalue weighted by Crippen LogP contribution is 2.35. The Bertz CT molecular complexity index is 534. The van der Waals surface area contributed by atoms with Gasteiger partial charge in [0.1, 0.15) is 5.76 Å². The first kappa shape index (κ1) is 14.6. The van der Waals surface area contributed by atoms with Gasteiger partial charge in [-0.3, -0.25) is 0 Å². The molecule has 1 aromatic rings. The first-order valence-corrected chi connectivity index (χ1v) is 8.16. The third kappa shape index (κ3) is 4.06. The van der Waals surface area contributed by atoms with Crippen LogP contribution in [0.1, 0.15) is 45.3 Å². The van der Waals surface area contributed by atoms with Crippen LogP contribution in [0, 0.1) is 5.41 Å². The first-order chi connectivity index (χ1) is 8.76. The molecule has 1 atom stereocenters. The van der Waals surface area contributed by atoms with E-state index in [1.165, 1.54) is 18.9 Å². The number of sulfonamides is 1. The van der Waals surface area contributed by atoms with Crippen molar-refractivity contribution in [3.63, 3.8) is 0 Å². The van der Waals surface area contributed by atoms with Gasteiger partial charge in [-0.2, -0.15) is 0 Å². The van der Waals surface area contributed by atoms with Crippen LogP contribution >= 0.6 is 0 Å². The number of hydrogen-bond donors (Lipinski definition) is 2. The normalized spacial score (nSPS) is 23.4. The molecule has 1 aliphatic carbocycles. The zero-order valence-corrected chi connectivity index (χ0v) is 12.3. The Kier molecular flexibility index (Phi) is 4.03. The molecule has 19 heavy (non-hydrogen) atoms. The van der Waals surface area contributed by atoms with Crippen LogP contribution < -0.4 is 10.5 Å². The van der Waals surface area contributed by atoms with E-state index in [4.69, 9.17) is 9.56 Å². The molecule has 0 aromatic carbocycles. The van der Waals surface area contributed by atoms with Crippen molar-refractivity contribution in [3.8, 4) is 0 Å². The van der Waals surface area contributed by atoms with E-state index < -0.39 is 10.0 Å². The maximum atomic E-state index is 11.1. The van der Waals surface area contributed by atoms with Gasteiger partial charge in [0.05, 0.1) is 6.54 Å². The molecule has 108 valence electrons. The van der Waals surface area contributed by atoms with Crippen molar-refractivity contribution < 1.29 is 12.8 Å². The number of primary sulfonamides is 1. The third-order valence-corrected chi connectivity index (χ3v) is 4.47. The Labute approximate surface area is 114 Å². The fourth-order valence-corrected chi connectivity index (χ4v) is 3.20.